The van der Waals surface area contributed by atoms with Crippen LogP contribution in [-0.4, -0.2) is 26.0 Å². The van der Waals surface area contributed by atoms with Crippen molar-refractivity contribution in [1.82, 2.24) is 0 Å². The Morgan fingerprint density at radius 1 is 1.00 bits per heavy atom. The van der Waals surface area contributed by atoms with Gasteiger partial charge in [0.2, 0.25) is 6.79 Å². The average molecular weight is 541 g/mol. The highest BCUT2D eigenvalue weighted by atomic mass is 32.1. The Labute approximate surface area is 231 Å². The molecule has 0 saturated heterocycles. The van der Waals surface area contributed by atoms with Gasteiger partial charge in [0.05, 0.1) is 12.7 Å². The number of ether oxygens (including phenoxy) is 4. The zero-order chi connectivity index (χ0) is 26.6. The highest BCUT2D eigenvalue weighted by molar-refractivity contribution is 7.16. The minimum absolute atomic E-state index is 0.113. The van der Waals surface area contributed by atoms with Crippen LogP contribution >= 0.6 is 11.3 Å². The van der Waals surface area contributed by atoms with Crippen molar-refractivity contribution in [1.29, 1.82) is 0 Å². The molecular formula is C31H28N2O5S. The monoisotopic (exact) mass is 540 g/mol. The number of nitrogens with zero attached hydrogens (tertiary/aromatic N) is 1. The molecule has 4 aromatic rings. The Hall–Kier alpha value is -4.30. The number of hydrogen-bond donors (Lipinski definition) is 1. The lowest BCUT2D eigenvalue weighted by Gasteiger charge is -2.13. The minimum Gasteiger partial charge on any atom is -0.493 e. The van der Waals surface area contributed by atoms with E-state index in [9.17, 15) is 4.79 Å². The summed E-state index contributed by atoms with van der Waals surface area (Å²) in [6.45, 7) is 0.602. The number of thiophene rings is 1. The van der Waals surface area contributed by atoms with Gasteiger partial charge >= 0.3 is 0 Å². The Balaban J connectivity index is 1.21. The van der Waals surface area contributed by atoms with E-state index in [0.717, 1.165) is 64.6 Å². The predicted octanol–water partition coefficient (Wildman–Crippen LogP) is 6.95. The fourth-order valence-corrected chi connectivity index (χ4v) is 6.03. The predicted molar refractivity (Wildman–Crippen MR) is 153 cm³/mol. The maximum Gasteiger partial charge on any atom is 0.259 e. The van der Waals surface area contributed by atoms with E-state index in [1.165, 1.54) is 4.88 Å². The normalized spacial score (nSPS) is 13.8. The largest absolute Gasteiger partial charge is 0.493 e. The molecule has 2 heterocycles. The number of para-hydroxylation sites is 1. The number of benzene rings is 3. The highest BCUT2D eigenvalue weighted by Gasteiger charge is 2.25. The summed E-state index contributed by atoms with van der Waals surface area (Å²) in [5.74, 6) is 2.58. The number of anilines is 1. The number of carbonyl (C=O) groups excluding carboxylic acids is 1. The molecule has 0 spiro atoms. The lowest BCUT2D eigenvalue weighted by Crippen LogP contribution is -2.14. The van der Waals surface area contributed by atoms with Crippen molar-refractivity contribution in [3.8, 4) is 23.0 Å². The van der Waals surface area contributed by atoms with E-state index in [2.05, 4.69) is 5.32 Å². The molecular weight excluding hydrogens is 512 g/mol. The van der Waals surface area contributed by atoms with Crippen LogP contribution in [0.1, 0.15) is 44.8 Å². The fraction of sp³-hybridized carbons (Fsp3) is 0.226. The van der Waals surface area contributed by atoms with Crippen LogP contribution in [0.15, 0.2) is 71.7 Å². The SMILES string of the molecule is COc1cc(C=Nc2sc3c(c2C(=O)Nc2ccccc2)CCCC3)ccc1OCc1ccc2c(c1)OCO2. The maximum absolute atomic E-state index is 13.3. The molecule has 8 heteroatoms. The van der Waals surface area contributed by atoms with Crippen molar-refractivity contribution in [2.75, 3.05) is 19.2 Å². The van der Waals surface area contributed by atoms with E-state index in [1.807, 2.05) is 66.7 Å². The molecule has 0 unspecified atom stereocenters. The van der Waals surface area contributed by atoms with E-state index < -0.39 is 0 Å². The number of aryl methyl sites for hydroxylation is 1. The third-order valence-corrected chi connectivity index (χ3v) is 7.96. The first-order valence-electron chi connectivity index (χ1n) is 12.9. The third kappa shape index (κ3) is 5.47. The van der Waals surface area contributed by atoms with Gasteiger partial charge in [-0.05, 0) is 84.8 Å². The van der Waals surface area contributed by atoms with Gasteiger partial charge in [0.1, 0.15) is 11.6 Å². The average Bonchev–Trinajstić information content (AvgIpc) is 3.59. The zero-order valence-electron chi connectivity index (χ0n) is 21.6. The number of nitrogens with one attached hydrogen (secondary N) is 1. The number of methoxy groups -OCH3 is 1. The number of amides is 1. The second-order valence-electron chi connectivity index (χ2n) is 9.36. The van der Waals surface area contributed by atoms with Crippen LogP contribution in [0.25, 0.3) is 0 Å². The molecule has 198 valence electrons. The molecule has 1 aromatic heterocycles. The van der Waals surface area contributed by atoms with Gasteiger partial charge in [-0.25, -0.2) is 4.99 Å². The summed E-state index contributed by atoms with van der Waals surface area (Å²) in [6, 6.07) is 21.0. The summed E-state index contributed by atoms with van der Waals surface area (Å²) >= 11 is 1.61. The van der Waals surface area contributed by atoms with Gasteiger partial charge in [0, 0.05) is 16.8 Å². The smallest absolute Gasteiger partial charge is 0.259 e. The first-order chi connectivity index (χ1) is 19.2. The number of carbonyl (C=O) groups is 1. The van der Waals surface area contributed by atoms with Crippen molar-refractivity contribution >= 4 is 34.1 Å². The molecule has 2 aliphatic rings. The van der Waals surface area contributed by atoms with Crippen molar-refractivity contribution in [2.24, 2.45) is 4.99 Å². The molecule has 3 aromatic carbocycles. The van der Waals surface area contributed by atoms with Crippen LogP contribution in [-0.2, 0) is 19.4 Å². The summed E-state index contributed by atoms with van der Waals surface area (Å²) in [5, 5.41) is 3.78. The van der Waals surface area contributed by atoms with Crippen molar-refractivity contribution in [3.63, 3.8) is 0 Å². The number of rotatable bonds is 8. The lowest BCUT2D eigenvalue weighted by atomic mass is 9.95. The van der Waals surface area contributed by atoms with Crippen molar-refractivity contribution < 1.29 is 23.7 Å². The Morgan fingerprint density at radius 3 is 2.72 bits per heavy atom. The number of fused-ring (bicyclic) bond motifs is 2. The second-order valence-corrected chi connectivity index (χ2v) is 10.4. The molecule has 39 heavy (non-hydrogen) atoms. The van der Waals surface area contributed by atoms with E-state index >= 15 is 0 Å². The van der Waals surface area contributed by atoms with Gasteiger partial charge in [0.25, 0.3) is 5.91 Å². The Kier molecular flexibility index (Phi) is 7.19. The summed E-state index contributed by atoms with van der Waals surface area (Å²) in [4.78, 5) is 19.4. The molecule has 0 saturated carbocycles. The van der Waals surface area contributed by atoms with E-state index in [1.54, 1.807) is 24.7 Å². The molecule has 0 fully saturated rings. The van der Waals surface area contributed by atoms with Crippen molar-refractivity contribution in [2.45, 2.75) is 32.3 Å². The molecule has 0 radical (unpaired) electrons. The summed E-state index contributed by atoms with van der Waals surface area (Å²) < 4.78 is 22.5. The van der Waals surface area contributed by atoms with Gasteiger partial charge < -0.3 is 24.3 Å². The van der Waals surface area contributed by atoms with Crippen LogP contribution < -0.4 is 24.3 Å². The van der Waals surface area contributed by atoms with Gasteiger partial charge in [-0.15, -0.1) is 11.3 Å². The van der Waals surface area contributed by atoms with Gasteiger partial charge in [-0.3, -0.25) is 4.79 Å². The lowest BCUT2D eigenvalue weighted by molar-refractivity contribution is 0.102. The minimum atomic E-state index is -0.113. The van der Waals surface area contributed by atoms with Crippen LogP contribution in [0, 0.1) is 0 Å². The molecule has 1 aliphatic carbocycles. The number of hydrogen-bond acceptors (Lipinski definition) is 7. The maximum atomic E-state index is 13.3. The van der Waals surface area contributed by atoms with Crippen LogP contribution in [0.4, 0.5) is 10.7 Å². The Bertz CT molecular complexity index is 1530. The molecule has 1 N–H and O–H groups in total. The van der Waals surface area contributed by atoms with Gasteiger partial charge in [0.15, 0.2) is 23.0 Å². The highest BCUT2D eigenvalue weighted by Crippen LogP contribution is 2.40. The van der Waals surface area contributed by atoms with E-state index in [-0.39, 0.29) is 12.7 Å². The van der Waals surface area contributed by atoms with Crippen LogP contribution in [0.3, 0.4) is 0 Å². The standard InChI is InChI=1S/C31H28N2O5S/c1-35-26-15-20(11-13-24(26)36-18-21-12-14-25-27(16-21)38-19-37-25)17-32-31-29(23-9-5-6-10-28(23)39-31)30(34)33-22-7-3-2-4-8-22/h2-4,7-8,11-17H,5-6,9-10,18-19H2,1H3,(H,33,34). The molecule has 0 bridgehead atoms. The molecule has 7 nitrogen and oxygen atoms in total. The first-order valence-corrected chi connectivity index (χ1v) is 13.7. The molecule has 1 amide bonds. The quantitative estimate of drug-likeness (QED) is 0.245. The summed E-state index contributed by atoms with van der Waals surface area (Å²) in [7, 11) is 1.61. The summed E-state index contributed by atoms with van der Waals surface area (Å²) in [5.41, 5.74) is 4.41. The fourth-order valence-electron chi connectivity index (χ4n) is 4.80. The molecule has 1 aliphatic heterocycles. The molecule has 0 atom stereocenters. The Morgan fingerprint density at radius 2 is 1.85 bits per heavy atom. The topological polar surface area (TPSA) is 78.4 Å². The third-order valence-electron chi connectivity index (χ3n) is 6.76. The van der Waals surface area contributed by atoms with Gasteiger partial charge in [-0.1, -0.05) is 24.3 Å². The van der Waals surface area contributed by atoms with Gasteiger partial charge in [-0.2, -0.15) is 0 Å². The zero-order valence-corrected chi connectivity index (χ0v) is 22.4. The molecule has 6 rings (SSSR count). The van der Waals surface area contributed by atoms with E-state index in [0.29, 0.717) is 23.7 Å². The van der Waals surface area contributed by atoms with Crippen LogP contribution in [0.2, 0.25) is 0 Å². The van der Waals surface area contributed by atoms with E-state index in [4.69, 9.17) is 23.9 Å². The second kappa shape index (κ2) is 11.2. The first kappa shape index (κ1) is 25.0. The number of aliphatic imine (C=N–C) groups is 1. The summed E-state index contributed by atoms with van der Waals surface area (Å²) in [6.07, 6.45) is 5.90. The van der Waals surface area contributed by atoms with Crippen LogP contribution in [0.5, 0.6) is 23.0 Å². The van der Waals surface area contributed by atoms with Crippen molar-refractivity contribution in [3.05, 3.63) is 93.9 Å².